The fourth-order valence-corrected chi connectivity index (χ4v) is 6.48. The van der Waals surface area contributed by atoms with E-state index in [4.69, 9.17) is 5.73 Å². The van der Waals surface area contributed by atoms with Gasteiger partial charge in [0.2, 0.25) is 11.8 Å². The van der Waals surface area contributed by atoms with Crippen LogP contribution in [-0.2, 0) is 9.59 Å². The second-order valence-corrected chi connectivity index (χ2v) is 11.0. The topological polar surface area (TPSA) is 121 Å². The maximum absolute atomic E-state index is 15.2. The summed E-state index contributed by atoms with van der Waals surface area (Å²) in [6.07, 6.45) is -1.83. The van der Waals surface area contributed by atoms with Gasteiger partial charge in [-0.3, -0.25) is 19.8 Å². The molecule has 0 saturated carbocycles. The van der Waals surface area contributed by atoms with Gasteiger partial charge in [-0.15, -0.1) is 0 Å². The lowest BCUT2D eigenvalue weighted by Gasteiger charge is -2.45. The molecule has 5 saturated heterocycles. The lowest BCUT2D eigenvalue weighted by Crippen LogP contribution is -2.67. The number of hydrazine groups is 1. The number of likely N-dealkylation sites (tertiary alicyclic amines) is 1. The van der Waals surface area contributed by atoms with Crippen LogP contribution in [0.1, 0.15) is 12.8 Å². The number of rotatable bonds is 4. The highest BCUT2D eigenvalue weighted by Crippen LogP contribution is 2.27. The first-order chi connectivity index (χ1) is 17.3. The van der Waals surface area contributed by atoms with Crippen molar-refractivity contribution in [3.8, 4) is 0 Å². The zero-order valence-corrected chi connectivity index (χ0v) is 21.0. The van der Waals surface area contributed by atoms with E-state index in [0.29, 0.717) is 32.5 Å². The number of amides is 2. The Bertz CT molecular complexity index is 794. The third-order valence-corrected chi connectivity index (χ3v) is 8.55. The molecule has 7 unspecified atom stereocenters. The van der Waals surface area contributed by atoms with Crippen LogP contribution < -0.4 is 27.1 Å². The van der Waals surface area contributed by atoms with Crippen LogP contribution in [0.15, 0.2) is 0 Å². The molecule has 0 radical (unpaired) electrons. The molecule has 5 aliphatic rings. The summed E-state index contributed by atoms with van der Waals surface area (Å²) in [5.74, 6) is -0.691. The van der Waals surface area contributed by atoms with Gasteiger partial charge in [-0.2, -0.15) is 0 Å². The van der Waals surface area contributed by atoms with Gasteiger partial charge < -0.3 is 26.2 Å². The number of nitrogens with two attached hydrogens (primary N) is 1. The molecule has 204 valence electrons. The van der Waals surface area contributed by atoms with Crippen LogP contribution in [0.2, 0.25) is 0 Å². The number of likely N-dealkylation sites (N-methyl/N-ethyl adjacent to an activating group) is 1. The molecule has 5 rings (SSSR count). The second-order valence-electron chi connectivity index (χ2n) is 11.0. The van der Waals surface area contributed by atoms with Crippen LogP contribution in [0.5, 0.6) is 0 Å². The fraction of sp³-hybridized carbons (Fsp3) is 0.913. The molecule has 36 heavy (non-hydrogen) atoms. The highest BCUT2D eigenvalue weighted by molar-refractivity contribution is 5.81. The number of fused-ring (bicyclic) bond motifs is 1. The minimum absolute atomic E-state index is 0.0253. The SMILES string of the molecule is CN1CCN(C(=O)C2CCN(C3C(F)CNCC3NC(=O)C3C(N)NN4CC(F)CNC34)CC2)CC1. The average Bonchev–Trinajstić information content (AvgIpc) is 3.19. The van der Waals surface area contributed by atoms with Gasteiger partial charge in [0.1, 0.15) is 12.3 Å². The van der Waals surface area contributed by atoms with Gasteiger partial charge in [0.25, 0.3) is 0 Å². The highest BCUT2D eigenvalue weighted by atomic mass is 19.1. The summed E-state index contributed by atoms with van der Waals surface area (Å²) < 4.78 is 29.0. The number of hydrogen-bond acceptors (Lipinski definition) is 9. The summed E-state index contributed by atoms with van der Waals surface area (Å²) in [6, 6.07) is -0.893. The van der Waals surface area contributed by atoms with E-state index in [-0.39, 0.29) is 37.4 Å². The third kappa shape index (κ3) is 5.38. The normalized spacial score (nSPS) is 39.7. The van der Waals surface area contributed by atoms with Crippen molar-refractivity contribution in [2.45, 2.75) is 49.6 Å². The standard InChI is InChI=1S/C23H41F2N9O2/c1-31-6-8-33(9-7-31)23(36)14-2-4-32(5-3-14)19-16(25)11-27-12-17(19)29-22(35)18-20(26)30-34-13-15(24)10-28-21(18)34/h14-21,27-28,30H,2-13,26H2,1H3,(H,29,35). The second kappa shape index (κ2) is 11.1. The van der Waals surface area contributed by atoms with Crippen LogP contribution in [0.25, 0.3) is 0 Å². The largest absolute Gasteiger partial charge is 0.350 e. The van der Waals surface area contributed by atoms with E-state index in [2.05, 4.69) is 38.2 Å². The number of carbonyl (C=O) groups is 2. The van der Waals surface area contributed by atoms with Gasteiger partial charge in [0.05, 0.1) is 30.3 Å². The van der Waals surface area contributed by atoms with Gasteiger partial charge in [0.15, 0.2) is 0 Å². The van der Waals surface area contributed by atoms with Crippen molar-refractivity contribution >= 4 is 11.8 Å². The fourth-order valence-electron chi connectivity index (χ4n) is 6.48. The van der Waals surface area contributed by atoms with Crippen molar-refractivity contribution in [2.24, 2.45) is 17.6 Å². The molecule has 0 aromatic rings. The zero-order valence-electron chi connectivity index (χ0n) is 21.0. The minimum Gasteiger partial charge on any atom is -0.350 e. The molecule has 5 fully saturated rings. The third-order valence-electron chi connectivity index (χ3n) is 8.55. The number of piperidine rings is 2. The van der Waals surface area contributed by atoms with Crippen LogP contribution in [0.4, 0.5) is 8.78 Å². The highest BCUT2D eigenvalue weighted by Gasteiger charge is 2.48. The van der Waals surface area contributed by atoms with E-state index in [1.54, 1.807) is 5.01 Å². The van der Waals surface area contributed by atoms with E-state index in [1.807, 2.05) is 4.90 Å². The van der Waals surface area contributed by atoms with E-state index in [1.165, 1.54) is 0 Å². The smallest absolute Gasteiger partial charge is 0.229 e. The number of nitrogens with one attached hydrogen (secondary N) is 4. The van der Waals surface area contributed by atoms with Crippen molar-refractivity contribution < 1.29 is 18.4 Å². The van der Waals surface area contributed by atoms with Crippen molar-refractivity contribution in [1.82, 2.24) is 41.1 Å². The number of piperazine rings is 1. The Morgan fingerprint density at radius 2 is 1.72 bits per heavy atom. The molecule has 0 aliphatic carbocycles. The van der Waals surface area contributed by atoms with Crippen molar-refractivity contribution in [3.05, 3.63) is 0 Å². The molecule has 0 bridgehead atoms. The Labute approximate surface area is 211 Å². The van der Waals surface area contributed by atoms with Gasteiger partial charge in [-0.05, 0) is 33.0 Å². The van der Waals surface area contributed by atoms with Crippen molar-refractivity contribution in [3.63, 3.8) is 0 Å². The predicted octanol–water partition coefficient (Wildman–Crippen LogP) is -2.74. The molecule has 5 aliphatic heterocycles. The molecule has 11 nitrogen and oxygen atoms in total. The first-order valence-corrected chi connectivity index (χ1v) is 13.3. The summed E-state index contributed by atoms with van der Waals surface area (Å²) in [4.78, 5) is 32.7. The summed E-state index contributed by atoms with van der Waals surface area (Å²) in [5.41, 5.74) is 9.18. The quantitative estimate of drug-likeness (QED) is 0.273. The Balaban J connectivity index is 1.18. The Kier molecular flexibility index (Phi) is 8.06. The van der Waals surface area contributed by atoms with Crippen LogP contribution in [-0.4, -0.2) is 141 Å². The summed E-state index contributed by atoms with van der Waals surface area (Å²) in [7, 11) is 2.07. The van der Waals surface area contributed by atoms with Gasteiger partial charge in [-0.25, -0.2) is 19.2 Å². The van der Waals surface area contributed by atoms with E-state index >= 15 is 4.39 Å². The molecule has 5 heterocycles. The summed E-state index contributed by atoms with van der Waals surface area (Å²) in [5, 5.41) is 10.9. The maximum Gasteiger partial charge on any atom is 0.229 e. The molecular formula is C23H41F2N9O2. The van der Waals surface area contributed by atoms with Crippen molar-refractivity contribution in [2.75, 3.05) is 72.5 Å². The van der Waals surface area contributed by atoms with E-state index in [0.717, 1.165) is 26.2 Å². The average molecular weight is 514 g/mol. The lowest BCUT2D eigenvalue weighted by molar-refractivity contribution is -0.139. The zero-order chi connectivity index (χ0) is 25.4. The summed E-state index contributed by atoms with van der Waals surface area (Å²) in [6.45, 7) is 5.60. The maximum atomic E-state index is 15.2. The first kappa shape index (κ1) is 26.1. The Morgan fingerprint density at radius 3 is 2.44 bits per heavy atom. The monoisotopic (exact) mass is 513 g/mol. The Morgan fingerprint density at radius 1 is 1.00 bits per heavy atom. The minimum atomic E-state index is -1.14. The number of nitrogens with zero attached hydrogens (tertiary/aromatic N) is 4. The van der Waals surface area contributed by atoms with Crippen LogP contribution in [0.3, 0.4) is 0 Å². The molecule has 0 spiro atoms. The number of hydrogen-bond donors (Lipinski definition) is 5. The van der Waals surface area contributed by atoms with Crippen LogP contribution in [0, 0.1) is 11.8 Å². The molecule has 0 aromatic heterocycles. The molecule has 6 N–H and O–H groups in total. The number of halogens is 2. The Hall–Kier alpha value is -1.48. The van der Waals surface area contributed by atoms with E-state index in [9.17, 15) is 14.0 Å². The molecule has 7 atom stereocenters. The van der Waals surface area contributed by atoms with E-state index < -0.39 is 42.7 Å². The summed E-state index contributed by atoms with van der Waals surface area (Å²) >= 11 is 0. The van der Waals surface area contributed by atoms with Crippen molar-refractivity contribution in [1.29, 1.82) is 0 Å². The van der Waals surface area contributed by atoms with Gasteiger partial charge in [-0.1, -0.05) is 0 Å². The van der Waals surface area contributed by atoms with Gasteiger partial charge in [0, 0.05) is 58.3 Å². The first-order valence-electron chi connectivity index (χ1n) is 13.3. The van der Waals surface area contributed by atoms with Gasteiger partial charge >= 0.3 is 0 Å². The predicted molar refractivity (Wildman–Crippen MR) is 130 cm³/mol. The lowest BCUT2D eigenvalue weighted by atomic mass is 9.89. The molecule has 13 heteroatoms. The molecule has 0 aromatic carbocycles. The number of carbonyl (C=O) groups excluding carboxylic acids is 2. The molecular weight excluding hydrogens is 472 g/mol. The number of alkyl halides is 2. The van der Waals surface area contributed by atoms with Crippen LogP contribution >= 0.6 is 0 Å². The molecule has 2 amide bonds.